The molecule has 0 radical (unpaired) electrons. The van der Waals surface area contributed by atoms with Crippen molar-refractivity contribution < 1.29 is 19.4 Å². The van der Waals surface area contributed by atoms with Crippen molar-refractivity contribution in [3.8, 4) is 0 Å². The lowest BCUT2D eigenvalue weighted by molar-refractivity contribution is -0.125. The third kappa shape index (κ3) is 4.80. The van der Waals surface area contributed by atoms with E-state index in [2.05, 4.69) is 5.32 Å². The third-order valence-electron chi connectivity index (χ3n) is 3.98. The largest absolute Gasteiger partial charge is 0.444 e. The average molecular weight is 361 g/mol. The van der Waals surface area contributed by atoms with E-state index in [1.165, 1.54) is 0 Å². The maximum atomic E-state index is 12.8. The minimum atomic E-state index is -1.09. The number of nitrogens with one attached hydrogen (secondary N) is 1. The first-order valence-corrected chi connectivity index (χ1v) is 8.49. The number of benzene rings is 3. The lowest BCUT2D eigenvalue weighted by atomic mass is 10.1. The molecule has 0 aliphatic rings. The van der Waals surface area contributed by atoms with E-state index < -0.39 is 18.0 Å². The summed E-state index contributed by atoms with van der Waals surface area (Å²) in [4.78, 5) is 25.3. The number of carbonyl (C=O) groups is 2. The van der Waals surface area contributed by atoms with Crippen molar-refractivity contribution in [2.24, 2.45) is 0 Å². The van der Waals surface area contributed by atoms with E-state index in [9.17, 15) is 9.59 Å². The predicted octanol–water partition coefficient (Wildman–Crippen LogP) is 3.72. The number of hydrogen-bond acceptors (Lipinski definition) is 4. The van der Waals surface area contributed by atoms with Gasteiger partial charge in [0.05, 0.1) is 12.2 Å². The number of para-hydroxylation sites is 1. The van der Waals surface area contributed by atoms with Crippen molar-refractivity contribution in [2.75, 3.05) is 5.32 Å². The smallest absolute Gasteiger partial charge is 0.339 e. The molecule has 0 fully saturated rings. The minimum Gasteiger partial charge on any atom is -0.444 e. The molecule has 1 amide bonds. The van der Waals surface area contributed by atoms with E-state index in [0.29, 0.717) is 22.4 Å². The summed E-state index contributed by atoms with van der Waals surface area (Å²) in [7, 11) is 0. The minimum absolute atomic E-state index is 0.110. The molecule has 0 saturated heterocycles. The van der Waals surface area contributed by atoms with E-state index in [1.807, 2.05) is 24.3 Å². The van der Waals surface area contributed by atoms with Crippen LogP contribution < -0.4 is 5.32 Å². The zero-order valence-electron chi connectivity index (χ0n) is 14.5. The highest BCUT2D eigenvalue weighted by Gasteiger charge is 2.25. The molecular weight excluding hydrogens is 342 g/mol. The molecule has 27 heavy (non-hydrogen) atoms. The fraction of sp³-hybridized carbons (Fsp3) is 0.0909. The summed E-state index contributed by atoms with van der Waals surface area (Å²) in [6, 6.07) is 24.2. The van der Waals surface area contributed by atoms with Gasteiger partial charge in [-0.1, -0.05) is 60.7 Å². The Labute approximate surface area is 157 Å². The standard InChI is InChI=1S/C22H19NO4/c24-15-16-11-13-18(14-12-16)22(26)27-20(17-7-3-1-4-8-17)21(25)23-19-9-5-2-6-10-19/h1-14,20,24H,15H2,(H,23,25). The van der Waals surface area contributed by atoms with Gasteiger partial charge in [-0.05, 0) is 29.8 Å². The lowest BCUT2D eigenvalue weighted by Crippen LogP contribution is -2.26. The van der Waals surface area contributed by atoms with Gasteiger partial charge in [-0.2, -0.15) is 0 Å². The molecule has 0 aliphatic carbocycles. The Hall–Kier alpha value is -3.44. The van der Waals surface area contributed by atoms with Crippen LogP contribution in [0.25, 0.3) is 0 Å². The van der Waals surface area contributed by atoms with Crippen molar-refractivity contribution in [1.82, 2.24) is 0 Å². The summed E-state index contributed by atoms with van der Waals surface area (Å²) in [6.45, 7) is -0.110. The summed E-state index contributed by atoms with van der Waals surface area (Å²) in [5.74, 6) is -1.05. The van der Waals surface area contributed by atoms with Crippen LogP contribution in [0.5, 0.6) is 0 Å². The second-order valence-corrected chi connectivity index (χ2v) is 5.91. The number of anilines is 1. The molecule has 3 aromatic rings. The van der Waals surface area contributed by atoms with Crippen molar-refractivity contribution in [3.63, 3.8) is 0 Å². The van der Waals surface area contributed by atoms with Crippen molar-refractivity contribution in [3.05, 3.63) is 102 Å². The molecule has 0 saturated carbocycles. The van der Waals surface area contributed by atoms with E-state index >= 15 is 0 Å². The molecule has 136 valence electrons. The Balaban J connectivity index is 1.81. The first kappa shape index (κ1) is 18.4. The van der Waals surface area contributed by atoms with Crippen LogP contribution in [-0.2, 0) is 16.1 Å². The summed E-state index contributed by atoms with van der Waals surface area (Å²) in [5.41, 5.74) is 2.19. The summed E-state index contributed by atoms with van der Waals surface area (Å²) >= 11 is 0. The fourth-order valence-corrected chi connectivity index (χ4v) is 2.55. The van der Waals surface area contributed by atoms with Crippen LogP contribution in [0.15, 0.2) is 84.9 Å². The topological polar surface area (TPSA) is 75.6 Å². The van der Waals surface area contributed by atoms with E-state index in [4.69, 9.17) is 9.84 Å². The zero-order valence-corrected chi connectivity index (χ0v) is 14.5. The molecule has 0 aromatic heterocycles. The molecule has 0 bridgehead atoms. The number of rotatable bonds is 6. The van der Waals surface area contributed by atoms with Crippen LogP contribution in [0.4, 0.5) is 5.69 Å². The van der Waals surface area contributed by atoms with Gasteiger partial charge in [0.2, 0.25) is 6.10 Å². The zero-order chi connectivity index (χ0) is 19.1. The molecule has 0 heterocycles. The Kier molecular flexibility index (Phi) is 5.97. The fourth-order valence-electron chi connectivity index (χ4n) is 2.55. The van der Waals surface area contributed by atoms with E-state index in [-0.39, 0.29) is 6.61 Å². The highest BCUT2D eigenvalue weighted by Crippen LogP contribution is 2.22. The number of aliphatic hydroxyl groups excluding tert-OH is 1. The molecule has 0 aliphatic heterocycles. The van der Waals surface area contributed by atoms with Gasteiger partial charge in [-0.15, -0.1) is 0 Å². The van der Waals surface area contributed by atoms with E-state index in [0.717, 1.165) is 0 Å². The molecule has 5 heteroatoms. The van der Waals surface area contributed by atoms with Crippen LogP contribution in [0.2, 0.25) is 0 Å². The summed E-state index contributed by atoms with van der Waals surface area (Å²) in [5, 5.41) is 11.9. The monoisotopic (exact) mass is 361 g/mol. The van der Waals surface area contributed by atoms with Gasteiger partial charge in [0.15, 0.2) is 0 Å². The molecule has 3 rings (SSSR count). The first-order valence-electron chi connectivity index (χ1n) is 8.49. The number of hydrogen-bond donors (Lipinski definition) is 2. The Bertz CT molecular complexity index is 893. The van der Waals surface area contributed by atoms with Gasteiger partial charge in [0.1, 0.15) is 0 Å². The van der Waals surface area contributed by atoms with Crippen LogP contribution >= 0.6 is 0 Å². The van der Waals surface area contributed by atoms with Crippen molar-refractivity contribution >= 4 is 17.6 Å². The molecule has 3 aromatic carbocycles. The Morgan fingerprint density at radius 1 is 0.852 bits per heavy atom. The molecule has 2 N–H and O–H groups in total. The molecule has 1 unspecified atom stereocenters. The number of aliphatic hydroxyl groups is 1. The van der Waals surface area contributed by atoms with Gasteiger partial charge in [-0.3, -0.25) is 4.79 Å². The Morgan fingerprint density at radius 2 is 1.44 bits per heavy atom. The predicted molar refractivity (Wildman–Crippen MR) is 102 cm³/mol. The molecular formula is C22H19NO4. The summed E-state index contributed by atoms with van der Waals surface area (Å²) < 4.78 is 5.52. The summed E-state index contributed by atoms with van der Waals surface area (Å²) in [6.07, 6.45) is -1.09. The van der Waals surface area contributed by atoms with Gasteiger partial charge in [0, 0.05) is 11.3 Å². The number of esters is 1. The van der Waals surface area contributed by atoms with Gasteiger partial charge in [-0.25, -0.2) is 4.79 Å². The van der Waals surface area contributed by atoms with Gasteiger partial charge < -0.3 is 15.2 Å². The van der Waals surface area contributed by atoms with E-state index in [1.54, 1.807) is 60.7 Å². The average Bonchev–Trinajstić information content (AvgIpc) is 2.73. The van der Waals surface area contributed by atoms with Crippen LogP contribution in [0.1, 0.15) is 27.6 Å². The maximum Gasteiger partial charge on any atom is 0.339 e. The Morgan fingerprint density at radius 3 is 2.04 bits per heavy atom. The number of carbonyl (C=O) groups excluding carboxylic acids is 2. The highest BCUT2D eigenvalue weighted by atomic mass is 16.5. The normalized spacial score (nSPS) is 11.4. The lowest BCUT2D eigenvalue weighted by Gasteiger charge is -2.18. The SMILES string of the molecule is O=C(OC(C(=O)Nc1ccccc1)c1ccccc1)c1ccc(CO)cc1. The van der Waals surface area contributed by atoms with Gasteiger partial charge in [0.25, 0.3) is 5.91 Å². The van der Waals surface area contributed by atoms with Crippen molar-refractivity contribution in [1.29, 1.82) is 0 Å². The first-order chi connectivity index (χ1) is 13.2. The second-order valence-electron chi connectivity index (χ2n) is 5.91. The highest BCUT2D eigenvalue weighted by molar-refractivity contribution is 5.98. The van der Waals surface area contributed by atoms with Crippen LogP contribution in [0, 0.1) is 0 Å². The third-order valence-corrected chi connectivity index (χ3v) is 3.98. The maximum absolute atomic E-state index is 12.8. The van der Waals surface area contributed by atoms with Crippen LogP contribution in [-0.4, -0.2) is 17.0 Å². The number of amides is 1. The second kappa shape index (κ2) is 8.78. The quantitative estimate of drug-likeness (QED) is 0.656. The van der Waals surface area contributed by atoms with Crippen molar-refractivity contribution in [2.45, 2.75) is 12.7 Å². The molecule has 0 spiro atoms. The van der Waals surface area contributed by atoms with Gasteiger partial charge >= 0.3 is 5.97 Å². The van der Waals surface area contributed by atoms with Crippen LogP contribution in [0.3, 0.4) is 0 Å². The number of ether oxygens (including phenoxy) is 1. The molecule has 1 atom stereocenters. The molecule has 5 nitrogen and oxygen atoms in total.